The van der Waals surface area contributed by atoms with E-state index in [2.05, 4.69) is 13.8 Å². The molecule has 0 aromatic carbocycles. The number of aliphatic hydroxyl groups is 2. The van der Waals surface area contributed by atoms with Crippen molar-refractivity contribution in [1.29, 1.82) is 0 Å². The summed E-state index contributed by atoms with van der Waals surface area (Å²) in [7, 11) is 0. The zero-order chi connectivity index (χ0) is 18.0. The van der Waals surface area contributed by atoms with E-state index in [4.69, 9.17) is 0 Å². The third-order valence-electron chi connectivity index (χ3n) is 9.66. The first-order valence-corrected chi connectivity index (χ1v) is 10.6. The first kappa shape index (κ1) is 18.0. The molecule has 4 rings (SSSR count). The van der Waals surface area contributed by atoms with Gasteiger partial charge in [-0.3, -0.25) is 4.79 Å². The monoisotopic (exact) mass is 348 g/mol. The fourth-order valence-electron chi connectivity index (χ4n) is 8.16. The predicted octanol–water partition coefficient (Wildman–Crippen LogP) is 4.16. The highest BCUT2D eigenvalue weighted by atomic mass is 16.5. The number of ketones is 1. The molecule has 1 unspecified atom stereocenters. The van der Waals surface area contributed by atoms with Crippen LogP contribution in [0.15, 0.2) is 0 Å². The van der Waals surface area contributed by atoms with Crippen LogP contribution in [0.3, 0.4) is 0 Å². The van der Waals surface area contributed by atoms with Crippen LogP contribution in [0.1, 0.15) is 78.6 Å². The second-order valence-corrected chi connectivity index (χ2v) is 10.4. The zero-order valence-electron chi connectivity index (χ0n) is 16.2. The van der Waals surface area contributed by atoms with Crippen LogP contribution in [0.25, 0.3) is 0 Å². The normalized spacial score (nSPS) is 51.0. The van der Waals surface area contributed by atoms with E-state index in [0.29, 0.717) is 23.0 Å². The summed E-state index contributed by atoms with van der Waals surface area (Å²) in [6.07, 6.45) is 9.01. The molecular weight excluding hydrogens is 312 g/mol. The number of aliphatic hydroxyl groups excluding tert-OH is 1. The number of hydrogen-bond donors (Lipinski definition) is 2. The summed E-state index contributed by atoms with van der Waals surface area (Å²) in [5.74, 6) is 3.85. The van der Waals surface area contributed by atoms with E-state index >= 15 is 0 Å². The van der Waals surface area contributed by atoms with E-state index in [1.54, 1.807) is 0 Å². The van der Waals surface area contributed by atoms with Crippen LogP contribution in [-0.2, 0) is 4.79 Å². The van der Waals surface area contributed by atoms with Gasteiger partial charge < -0.3 is 10.2 Å². The predicted molar refractivity (Wildman–Crippen MR) is 97.6 cm³/mol. The van der Waals surface area contributed by atoms with Crippen molar-refractivity contribution in [2.24, 2.45) is 46.3 Å². The molecule has 4 aliphatic carbocycles. The van der Waals surface area contributed by atoms with Crippen molar-refractivity contribution in [2.45, 2.75) is 84.8 Å². The standard InChI is InChI=1S/C22H36O3/c1-13(20(24)25)17-6-7-18-16-5-4-14-12-15(23)8-10-21(14,2)19(16)9-11-22(17,18)3/h13-14,16-20,24-25H,4-12H2,1-3H3/t13?,14-,16-,17+,18-,19-,21-,22+/m0/s1. The van der Waals surface area contributed by atoms with E-state index < -0.39 is 6.29 Å². The Hall–Kier alpha value is -0.410. The van der Waals surface area contributed by atoms with E-state index in [0.717, 1.165) is 43.4 Å². The van der Waals surface area contributed by atoms with Gasteiger partial charge in [0.15, 0.2) is 6.29 Å². The molecule has 3 nitrogen and oxygen atoms in total. The molecule has 0 bridgehead atoms. The van der Waals surface area contributed by atoms with Gasteiger partial charge in [-0.15, -0.1) is 0 Å². The number of fused-ring (bicyclic) bond motifs is 5. The fraction of sp³-hybridized carbons (Fsp3) is 0.955. The van der Waals surface area contributed by atoms with Gasteiger partial charge in [0.1, 0.15) is 5.78 Å². The molecule has 4 fully saturated rings. The minimum Gasteiger partial charge on any atom is -0.368 e. The summed E-state index contributed by atoms with van der Waals surface area (Å²) in [6, 6.07) is 0. The van der Waals surface area contributed by atoms with Gasteiger partial charge in [-0.25, -0.2) is 0 Å². The second kappa shape index (κ2) is 6.05. The molecule has 3 heteroatoms. The Morgan fingerprint density at radius 1 is 0.960 bits per heavy atom. The molecule has 0 spiro atoms. The summed E-state index contributed by atoms with van der Waals surface area (Å²) in [6.45, 7) is 6.97. The average Bonchev–Trinajstić information content (AvgIpc) is 2.92. The van der Waals surface area contributed by atoms with Crippen LogP contribution in [0.4, 0.5) is 0 Å². The zero-order valence-corrected chi connectivity index (χ0v) is 16.2. The van der Waals surface area contributed by atoms with Crippen molar-refractivity contribution in [3.05, 3.63) is 0 Å². The van der Waals surface area contributed by atoms with Crippen molar-refractivity contribution in [3.8, 4) is 0 Å². The maximum absolute atomic E-state index is 12.0. The smallest absolute Gasteiger partial charge is 0.154 e. The number of carbonyl (C=O) groups is 1. The molecule has 142 valence electrons. The molecule has 4 aliphatic rings. The van der Waals surface area contributed by atoms with E-state index in [1.807, 2.05) is 6.92 Å². The van der Waals surface area contributed by atoms with Crippen LogP contribution < -0.4 is 0 Å². The lowest BCUT2D eigenvalue weighted by atomic mass is 9.44. The van der Waals surface area contributed by atoms with Crippen molar-refractivity contribution < 1.29 is 15.0 Å². The van der Waals surface area contributed by atoms with Crippen molar-refractivity contribution >= 4 is 5.78 Å². The van der Waals surface area contributed by atoms with Gasteiger partial charge in [0.2, 0.25) is 0 Å². The average molecular weight is 349 g/mol. The minimum atomic E-state index is -1.18. The molecule has 2 N–H and O–H groups in total. The summed E-state index contributed by atoms with van der Waals surface area (Å²) in [5.41, 5.74) is 0.649. The Balaban J connectivity index is 1.59. The van der Waals surface area contributed by atoms with Crippen molar-refractivity contribution in [2.75, 3.05) is 0 Å². The Morgan fingerprint density at radius 3 is 2.40 bits per heavy atom. The first-order chi connectivity index (χ1) is 11.8. The molecule has 0 aliphatic heterocycles. The Kier molecular flexibility index (Phi) is 4.35. The molecule has 0 saturated heterocycles. The molecule has 4 saturated carbocycles. The van der Waals surface area contributed by atoms with E-state index in [9.17, 15) is 15.0 Å². The highest BCUT2D eigenvalue weighted by molar-refractivity contribution is 5.79. The molecular formula is C22H36O3. The molecule has 0 amide bonds. The Bertz CT molecular complexity index is 543. The second-order valence-electron chi connectivity index (χ2n) is 10.4. The van der Waals surface area contributed by atoms with Gasteiger partial charge in [0.05, 0.1) is 0 Å². The molecule has 0 aromatic rings. The summed E-state index contributed by atoms with van der Waals surface area (Å²) in [5, 5.41) is 19.5. The van der Waals surface area contributed by atoms with Crippen LogP contribution in [0.2, 0.25) is 0 Å². The highest BCUT2D eigenvalue weighted by Gasteiger charge is 2.60. The molecule has 25 heavy (non-hydrogen) atoms. The lowest BCUT2D eigenvalue weighted by molar-refractivity contribution is -0.148. The van der Waals surface area contributed by atoms with Gasteiger partial charge >= 0.3 is 0 Å². The first-order valence-electron chi connectivity index (χ1n) is 10.6. The Morgan fingerprint density at radius 2 is 1.68 bits per heavy atom. The summed E-state index contributed by atoms with van der Waals surface area (Å²) in [4.78, 5) is 12.0. The largest absolute Gasteiger partial charge is 0.368 e. The van der Waals surface area contributed by atoms with Crippen LogP contribution >= 0.6 is 0 Å². The lowest BCUT2D eigenvalue weighted by Gasteiger charge is -2.60. The molecule has 0 aromatic heterocycles. The highest BCUT2D eigenvalue weighted by Crippen LogP contribution is 2.68. The van der Waals surface area contributed by atoms with Gasteiger partial charge in [0, 0.05) is 18.8 Å². The molecule has 0 radical (unpaired) electrons. The van der Waals surface area contributed by atoms with Crippen LogP contribution in [0, 0.1) is 46.3 Å². The number of Topliss-reactive ketones (excluding diaryl/α,β-unsaturated/α-hetero) is 1. The molecule has 0 heterocycles. The quantitative estimate of drug-likeness (QED) is 0.737. The van der Waals surface area contributed by atoms with Crippen LogP contribution in [0.5, 0.6) is 0 Å². The van der Waals surface area contributed by atoms with E-state index in [-0.39, 0.29) is 11.3 Å². The third-order valence-corrected chi connectivity index (χ3v) is 9.66. The number of hydrogen-bond acceptors (Lipinski definition) is 3. The maximum atomic E-state index is 12.0. The Labute approximate surface area is 152 Å². The minimum absolute atomic E-state index is 0.0224. The number of carbonyl (C=O) groups excluding carboxylic acids is 1. The van der Waals surface area contributed by atoms with Crippen molar-refractivity contribution in [3.63, 3.8) is 0 Å². The third kappa shape index (κ3) is 2.56. The van der Waals surface area contributed by atoms with Crippen molar-refractivity contribution in [1.82, 2.24) is 0 Å². The molecule has 8 atom stereocenters. The summed E-state index contributed by atoms with van der Waals surface area (Å²) < 4.78 is 0. The van der Waals surface area contributed by atoms with Gasteiger partial charge in [-0.05, 0) is 85.4 Å². The van der Waals surface area contributed by atoms with Gasteiger partial charge in [0.25, 0.3) is 0 Å². The lowest BCUT2D eigenvalue weighted by Crippen LogP contribution is -2.54. The van der Waals surface area contributed by atoms with Crippen LogP contribution in [-0.4, -0.2) is 22.3 Å². The fourth-order valence-corrected chi connectivity index (χ4v) is 8.16. The van der Waals surface area contributed by atoms with E-state index in [1.165, 1.54) is 32.1 Å². The van der Waals surface area contributed by atoms with Gasteiger partial charge in [-0.1, -0.05) is 20.8 Å². The SMILES string of the molecule is CC(C(O)O)[C@H]1CC[C@H]2[C@@H]3CC[C@H]4CC(=O)CC[C@]4(C)[C@H]3CC[C@]12C. The topological polar surface area (TPSA) is 57.5 Å². The maximum Gasteiger partial charge on any atom is 0.154 e. The van der Waals surface area contributed by atoms with Gasteiger partial charge in [-0.2, -0.15) is 0 Å². The summed E-state index contributed by atoms with van der Waals surface area (Å²) >= 11 is 0. The number of rotatable bonds is 2.